The Morgan fingerprint density at radius 3 is 2.47 bits per heavy atom. The third-order valence-corrected chi connectivity index (χ3v) is 3.72. The van der Waals surface area contributed by atoms with Gasteiger partial charge in [-0.25, -0.2) is 4.79 Å². The summed E-state index contributed by atoms with van der Waals surface area (Å²) in [5.41, 5.74) is 0.0360. The van der Waals surface area contributed by atoms with Gasteiger partial charge in [-0.1, -0.05) is 13.8 Å². The monoisotopic (exact) mass is 242 g/mol. The van der Waals surface area contributed by atoms with E-state index >= 15 is 0 Å². The van der Waals surface area contributed by atoms with Crippen molar-refractivity contribution in [3.05, 3.63) is 0 Å². The van der Waals surface area contributed by atoms with Gasteiger partial charge < -0.3 is 15.0 Å². The minimum absolute atomic E-state index is 0.0360. The molecule has 1 fully saturated rings. The van der Waals surface area contributed by atoms with Crippen molar-refractivity contribution < 1.29 is 9.53 Å². The van der Waals surface area contributed by atoms with Gasteiger partial charge in [-0.3, -0.25) is 0 Å². The zero-order valence-corrected chi connectivity index (χ0v) is 11.7. The summed E-state index contributed by atoms with van der Waals surface area (Å²) in [6.45, 7) is 9.72. The number of hydrogen-bond donors (Lipinski definition) is 1. The highest BCUT2D eigenvalue weighted by Gasteiger charge is 2.38. The van der Waals surface area contributed by atoms with E-state index in [-0.39, 0.29) is 17.7 Å². The van der Waals surface area contributed by atoms with Crippen LogP contribution in [0.3, 0.4) is 0 Å². The largest absolute Gasteiger partial charge is 0.447 e. The second-order valence-corrected chi connectivity index (χ2v) is 5.52. The molecule has 1 saturated heterocycles. The molecule has 1 unspecified atom stereocenters. The Labute approximate surface area is 105 Å². The zero-order chi connectivity index (χ0) is 13.1. The topological polar surface area (TPSA) is 41.6 Å². The van der Waals surface area contributed by atoms with Gasteiger partial charge in [0, 0.05) is 18.6 Å². The first-order chi connectivity index (χ1) is 7.91. The van der Waals surface area contributed by atoms with E-state index in [0.717, 1.165) is 25.9 Å². The molecule has 1 aliphatic heterocycles. The molecule has 1 aliphatic rings. The van der Waals surface area contributed by atoms with Crippen molar-refractivity contribution in [1.29, 1.82) is 0 Å². The van der Waals surface area contributed by atoms with Crippen LogP contribution in [-0.4, -0.2) is 42.8 Å². The van der Waals surface area contributed by atoms with Crippen LogP contribution in [0.15, 0.2) is 0 Å². The van der Waals surface area contributed by atoms with Gasteiger partial charge in [-0.15, -0.1) is 0 Å². The van der Waals surface area contributed by atoms with E-state index in [1.54, 1.807) is 0 Å². The fourth-order valence-corrected chi connectivity index (χ4v) is 2.48. The van der Waals surface area contributed by atoms with Gasteiger partial charge >= 0.3 is 6.09 Å². The molecule has 0 aliphatic carbocycles. The Morgan fingerprint density at radius 1 is 1.35 bits per heavy atom. The number of ether oxygens (including phenoxy) is 1. The molecule has 0 saturated carbocycles. The first kappa shape index (κ1) is 14.3. The predicted molar refractivity (Wildman–Crippen MR) is 69.1 cm³/mol. The van der Waals surface area contributed by atoms with Crippen molar-refractivity contribution in [2.75, 3.05) is 20.1 Å². The third kappa shape index (κ3) is 3.35. The smallest absolute Gasteiger partial charge is 0.410 e. The molecule has 4 heteroatoms. The quantitative estimate of drug-likeness (QED) is 0.825. The van der Waals surface area contributed by atoms with E-state index < -0.39 is 0 Å². The van der Waals surface area contributed by atoms with Crippen LogP contribution in [0, 0.1) is 5.92 Å². The van der Waals surface area contributed by atoms with E-state index in [9.17, 15) is 4.79 Å². The number of carbonyl (C=O) groups is 1. The third-order valence-electron chi connectivity index (χ3n) is 3.72. The van der Waals surface area contributed by atoms with E-state index in [0.29, 0.717) is 5.92 Å². The molecule has 17 heavy (non-hydrogen) atoms. The maximum absolute atomic E-state index is 11.9. The summed E-state index contributed by atoms with van der Waals surface area (Å²) < 4.78 is 5.27. The van der Waals surface area contributed by atoms with Crippen LogP contribution in [0.2, 0.25) is 0 Å². The molecular formula is C13H26N2O2. The zero-order valence-electron chi connectivity index (χ0n) is 11.7. The Hall–Kier alpha value is -0.770. The minimum Gasteiger partial charge on any atom is -0.447 e. The number of likely N-dealkylation sites (tertiary alicyclic amines) is 1. The Bertz CT molecular complexity index is 266. The van der Waals surface area contributed by atoms with Gasteiger partial charge in [0.1, 0.15) is 0 Å². The molecule has 1 heterocycles. The number of piperidine rings is 1. The predicted octanol–water partition coefficient (Wildman–Crippen LogP) is 2.24. The molecule has 0 aromatic heterocycles. The molecule has 0 aromatic carbocycles. The van der Waals surface area contributed by atoms with Crippen molar-refractivity contribution in [3.8, 4) is 0 Å². The fourth-order valence-electron chi connectivity index (χ4n) is 2.48. The summed E-state index contributed by atoms with van der Waals surface area (Å²) in [6.07, 6.45) is 1.92. The van der Waals surface area contributed by atoms with E-state index in [1.807, 2.05) is 25.8 Å². The molecule has 100 valence electrons. The minimum atomic E-state index is -0.181. The van der Waals surface area contributed by atoms with Crippen LogP contribution in [0.4, 0.5) is 4.79 Å². The number of rotatable bonds is 3. The van der Waals surface area contributed by atoms with Gasteiger partial charge in [-0.05, 0) is 39.7 Å². The number of nitrogens with zero attached hydrogens (tertiary/aromatic N) is 1. The lowest BCUT2D eigenvalue weighted by atomic mass is 9.79. The average molecular weight is 242 g/mol. The number of amides is 1. The standard InChI is InChI=1S/C13H26N2O2/c1-10(2)13(14-5)7-6-8-15(9-13)12(16)17-11(3)4/h10-11,14H,6-9H2,1-5H3. The first-order valence-corrected chi connectivity index (χ1v) is 6.56. The van der Waals surface area contributed by atoms with E-state index in [2.05, 4.69) is 19.2 Å². The van der Waals surface area contributed by atoms with Crippen LogP contribution >= 0.6 is 0 Å². The molecule has 1 rings (SSSR count). The van der Waals surface area contributed by atoms with Crippen molar-refractivity contribution in [1.82, 2.24) is 10.2 Å². The highest BCUT2D eigenvalue weighted by Crippen LogP contribution is 2.28. The summed E-state index contributed by atoms with van der Waals surface area (Å²) in [5.74, 6) is 0.502. The maximum Gasteiger partial charge on any atom is 0.410 e. The molecular weight excluding hydrogens is 216 g/mol. The van der Waals surface area contributed by atoms with Gasteiger partial charge in [0.05, 0.1) is 6.10 Å². The van der Waals surface area contributed by atoms with Crippen molar-refractivity contribution in [2.24, 2.45) is 5.92 Å². The van der Waals surface area contributed by atoms with Crippen LogP contribution < -0.4 is 5.32 Å². The molecule has 1 N–H and O–H groups in total. The Morgan fingerprint density at radius 2 is 2.00 bits per heavy atom. The summed E-state index contributed by atoms with van der Waals surface area (Å²) in [7, 11) is 1.98. The summed E-state index contributed by atoms with van der Waals surface area (Å²) in [5, 5.41) is 3.41. The van der Waals surface area contributed by atoms with Crippen molar-refractivity contribution >= 4 is 6.09 Å². The average Bonchev–Trinajstić information content (AvgIpc) is 2.28. The van der Waals surface area contributed by atoms with Crippen LogP contribution in [-0.2, 0) is 4.74 Å². The van der Waals surface area contributed by atoms with Gasteiger partial charge in [0.25, 0.3) is 0 Å². The van der Waals surface area contributed by atoms with Gasteiger partial charge in [0.2, 0.25) is 0 Å². The van der Waals surface area contributed by atoms with Crippen molar-refractivity contribution in [2.45, 2.75) is 52.2 Å². The second-order valence-electron chi connectivity index (χ2n) is 5.52. The SMILES string of the molecule is CNC1(C(C)C)CCCN(C(=O)OC(C)C)C1. The van der Waals surface area contributed by atoms with Crippen LogP contribution in [0.5, 0.6) is 0 Å². The Kier molecular flexibility index (Phi) is 4.80. The number of carbonyl (C=O) groups excluding carboxylic acids is 1. The second kappa shape index (κ2) is 5.71. The van der Waals surface area contributed by atoms with Gasteiger partial charge in [0.15, 0.2) is 0 Å². The highest BCUT2D eigenvalue weighted by molar-refractivity contribution is 5.68. The number of nitrogens with one attached hydrogen (secondary N) is 1. The van der Waals surface area contributed by atoms with Crippen molar-refractivity contribution in [3.63, 3.8) is 0 Å². The van der Waals surface area contributed by atoms with E-state index in [4.69, 9.17) is 4.74 Å². The molecule has 0 spiro atoms. The van der Waals surface area contributed by atoms with Crippen LogP contribution in [0.1, 0.15) is 40.5 Å². The summed E-state index contributed by atoms with van der Waals surface area (Å²) in [6, 6.07) is 0. The lowest BCUT2D eigenvalue weighted by molar-refractivity contribution is 0.0431. The van der Waals surface area contributed by atoms with Crippen LogP contribution in [0.25, 0.3) is 0 Å². The lowest BCUT2D eigenvalue weighted by Crippen LogP contribution is -2.60. The summed E-state index contributed by atoms with van der Waals surface area (Å²) in [4.78, 5) is 13.7. The van der Waals surface area contributed by atoms with Gasteiger partial charge in [-0.2, -0.15) is 0 Å². The Balaban J connectivity index is 2.68. The fraction of sp³-hybridized carbons (Fsp3) is 0.923. The molecule has 1 amide bonds. The highest BCUT2D eigenvalue weighted by atomic mass is 16.6. The molecule has 0 bridgehead atoms. The molecule has 1 atom stereocenters. The maximum atomic E-state index is 11.9. The number of likely N-dealkylation sites (N-methyl/N-ethyl adjacent to an activating group) is 1. The number of hydrogen-bond acceptors (Lipinski definition) is 3. The normalized spacial score (nSPS) is 25.5. The first-order valence-electron chi connectivity index (χ1n) is 6.56. The molecule has 0 aromatic rings. The molecule has 4 nitrogen and oxygen atoms in total. The lowest BCUT2D eigenvalue weighted by Gasteiger charge is -2.45. The summed E-state index contributed by atoms with van der Waals surface area (Å²) >= 11 is 0. The molecule has 0 radical (unpaired) electrons. The van der Waals surface area contributed by atoms with E-state index in [1.165, 1.54) is 0 Å².